The van der Waals surface area contributed by atoms with Crippen LogP contribution in [0.5, 0.6) is 0 Å². The second-order valence-electron chi connectivity index (χ2n) is 4.39. The van der Waals surface area contributed by atoms with Crippen LogP contribution in [0.1, 0.15) is 37.0 Å². The summed E-state index contributed by atoms with van der Waals surface area (Å²) in [5.74, 6) is 0.702. The van der Waals surface area contributed by atoms with Gasteiger partial charge in [0.15, 0.2) is 5.78 Å². The first kappa shape index (κ1) is 10.9. The van der Waals surface area contributed by atoms with Crippen LogP contribution in [0.25, 0.3) is 10.9 Å². The van der Waals surface area contributed by atoms with Crippen molar-refractivity contribution in [2.75, 3.05) is 0 Å². The third-order valence-corrected chi connectivity index (χ3v) is 3.12. The molecule has 0 radical (unpaired) electrons. The lowest BCUT2D eigenvalue weighted by Gasteiger charge is -2.05. The molecule has 16 heavy (non-hydrogen) atoms. The van der Waals surface area contributed by atoms with Crippen molar-refractivity contribution in [3.8, 4) is 0 Å². The van der Waals surface area contributed by atoms with Gasteiger partial charge in [-0.15, -0.1) is 0 Å². The molecule has 0 saturated heterocycles. The van der Waals surface area contributed by atoms with Gasteiger partial charge in [0.05, 0.1) is 0 Å². The van der Waals surface area contributed by atoms with E-state index in [1.54, 1.807) is 0 Å². The largest absolute Gasteiger partial charge is 0.360 e. The van der Waals surface area contributed by atoms with Crippen molar-refractivity contribution >= 4 is 16.7 Å². The van der Waals surface area contributed by atoms with Crippen LogP contribution in [0, 0.1) is 5.92 Å². The zero-order valence-corrected chi connectivity index (χ0v) is 9.79. The molecule has 1 N–H and O–H groups in total. The number of Topliss-reactive ketones (excluding diaryl/α,β-unsaturated/α-hetero) is 1. The maximum absolute atomic E-state index is 12.1. The minimum atomic E-state index is 0.242. The van der Waals surface area contributed by atoms with Crippen molar-refractivity contribution < 1.29 is 4.79 Å². The smallest absolute Gasteiger partial charge is 0.165 e. The van der Waals surface area contributed by atoms with E-state index in [1.165, 1.54) is 0 Å². The summed E-state index contributed by atoms with van der Waals surface area (Å²) in [6.07, 6.45) is 3.52. The molecule has 0 aliphatic rings. The molecule has 84 valence electrons. The highest BCUT2D eigenvalue weighted by Gasteiger charge is 2.13. The van der Waals surface area contributed by atoms with Crippen LogP contribution in [0.3, 0.4) is 0 Å². The zero-order chi connectivity index (χ0) is 11.5. The van der Waals surface area contributed by atoms with Gasteiger partial charge >= 0.3 is 0 Å². The molecular formula is C14H17NO. The van der Waals surface area contributed by atoms with Gasteiger partial charge in [-0.1, -0.05) is 38.5 Å². The maximum Gasteiger partial charge on any atom is 0.165 e. The average Bonchev–Trinajstić information content (AvgIpc) is 2.72. The molecule has 2 nitrogen and oxygen atoms in total. The molecule has 1 atom stereocenters. The highest BCUT2D eigenvalue weighted by atomic mass is 16.1. The van der Waals surface area contributed by atoms with Crippen molar-refractivity contribution in [3.05, 3.63) is 36.0 Å². The van der Waals surface area contributed by atoms with Crippen molar-refractivity contribution in [1.29, 1.82) is 0 Å². The second-order valence-corrected chi connectivity index (χ2v) is 4.39. The Kier molecular flexibility index (Phi) is 3.09. The van der Waals surface area contributed by atoms with E-state index in [-0.39, 0.29) is 5.78 Å². The van der Waals surface area contributed by atoms with E-state index in [0.29, 0.717) is 12.3 Å². The van der Waals surface area contributed by atoms with Gasteiger partial charge in [-0.25, -0.2) is 0 Å². The number of hydrogen-bond acceptors (Lipinski definition) is 1. The minimum Gasteiger partial charge on any atom is -0.360 e. The Hall–Kier alpha value is -1.57. The summed E-state index contributed by atoms with van der Waals surface area (Å²) >= 11 is 0. The van der Waals surface area contributed by atoms with Crippen LogP contribution in [0.4, 0.5) is 0 Å². The lowest BCUT2D eigenvalue weighted by molar-refractivity contribution is 0.0965. The van der Waals surface area contributed by atoms with E-state index in [2.05, 4.69) is 18.8 Å². The van der Waals surface area contributed by atoms with Crippen LogP contribution >= 0.6 is 0 Å². The molecule has 2 aromatic rings. The standard InChI is InChI=1S/C14H17NO/c1-3-10(2)8-14(16)12-9-15-13-7-5-4-6-11(12)13/h4-7,9-10,15H,3,8H2,1-2H3. The molecule has 1 aromatic carbocycles. The quantitative estimate of drug-likeness (QED) is 0.773. The van der Waals surface area contributed by atoms with E-state index in [9.17, 15) is 4.79 Å². The fraction of sp³-hybridized carbons (Fsp3) is 0.357. The number of hydrogen-bond donors (Lipinski definition) is 1. The third kappa shape index (κ3) is 2.01. The Morgan fingerprint density at radius 1 is 1.38 bits per heavy atom. The van der Waals surface area contributed by atoms with Crippen LogP contribution in [-0.4, -0.2) is 10.8 Å². The summed E-state index contributed by atoms with van der Waals surface area (Å²) in [5, 5.41) is 1.04. The summed E-state index contributed by atoms with van der Waals surface area (Å²) < 4.78 is 0. The first-order valence-electron chi connectivity index (χ1n) is 5.81. The maximum atomic E-state index is 12.1. The summed E-state index contributed by atoms with van der Waals surface area (Å²) in [5.41, 5.74) is 1.87. The Morgan fingerprint density at radius 3 is 2.88 bits per heavy atom. The van der Waals surface area contributed by atoms with E-state index in [4.69, 9.17) is 0 Å². The number of benzene rings is 1. The predicted molar refractivity (Wildman–Crippen MR) is 66.7 cm³/mol. The molecule has 1 unspecified atom stereocenters. The fourth-order valence-electron chi connectivity index (χ4n) is 1.87. The highest BCUT2D eigenvalue weighted by molar-refractivity contribution is 6.07. The zero-order valence-electron chi connectivity index (χ0n) is 9.79. The number of carbonyl (C=O) groups excluding carboxylic acids is 1. The fourth-order valence-corrected chi connectivity index (χ4v) is 1.87. The SMILES string of the molecule is CCC(C)CC(=O)c1c[nH]c2ccccc12. The van der Waals surface area contributed by atoms with Gasteiger partial charge in [0.1, 0.15) is 0 Å². The van der Waals surface area contributed by atoms with Gasteiger partial charge in [-0.3, -0.25) is 4.79 Å². The highest BCUT2D eigenvalue weighted by Crippen LogP contribution is 2.21. The molecular weight excluding hydrogens is 198 g/mol. The molecule has 0 aliphatic carbocycles. The van der Waals surface area contributed by atoms with E-state index in [1.807, 2.05) is 30.5 Å². The average molecular weight is 215 g/mol. The van der Waals surface area contributed by atoms with Crippen LogP contribution in [0.2, 0.25) is 0 Å². The molecule has 0 spiro atoms. The summed E-state index contributed by atoms with van der Waals surface area (Å²) in [7, 11) is 0. The molecule has 1 aromatic heterocycles. The Balaban J connectivity index is 2.30. The molecule has 2 heteroatoms. The Bertz CT molecular complexity index is 498. The minimum absolute atomic E-state index is 0.242. The van der Waals surface area contributed by atoms with Crippen molar-refractivity contribution in [2.45, 2.75) is 26.7 Å². The van der Waals surface area contributed by atoms with Crippen molar-refractivity contribution in [2.24, 2.45) is 5.92 Å². The number of nitrogens with one attached hydrogen (secondary N) is 1. The molecule has 1 heterocycles. The number of rotatable bonds is 4. The van der Waals surface area contributed by atoms with Crippen molar-refractivity contribution in [1.82, 2.24) is 4.98 Å². The monoisotopic (exact) mass is 215 g/mol. The van der Waals surface area contributed by atoms with E-state index in [0.717, 1.165) is 22.9 Å². The van der Waals surface area contributed by atoms with Gasteiger partial charge in [0.25, 0.3) is 0 Å². The lowest BCUT2D eigenvalue weighted by Crippen LogP contribution is -2.04. The van der Waals surface area contributed by atoms with Gasteiger partial charge in [0, 0.05) is 29.1 Å². The van der Waals surface area contributed by atoms with Crippen LogP contribution in [-0.2, 0) is 0 Å². The van der Waals surface area contributed by atoms with E-state index >= 15 is 0 Å². The number of fused-ring (bicyclic) bond motifs is 1. The van der Waals surface area contributed by atoms with Crippen LogP contribution < -0.4 is 0 Å². The lowest BCUT2D eigenvalue weighted by atomic mass is 9.97. The first-order chi connectivity index (χ1) is 7.72. The number of carbonyl (C=O) groups is 1. The number of aromatic amines is 1. The molecule has 0 amide bonds. The predicted octanol–water partition coefficient (Wildman–Crippen LogP) is 3.79. The number of aromatic nitrogens is 1. The van der Waals surface area contributed by atoms with Gasteiger partial charge < -0.3 is 4.98 Å². The third-order valence-electron chi connectivity index (χ3n) is 3.12. The number of ketones is 1. The first-order valence-corrected chi connectivity index (χ1v) is 5.81. The number of para-hydroxylation sites is 1. The topological polar surface area (TPSA) is 32.9 Å². The summed E-state index contributed by atoms with van der Waals surface area (Å²) in [6.45, 7) is 4.24. The van der Waals surface area contributed by atoms with Gasteiger partial charge in [0.2, 0.25) is 0 Å². The van der Waals surface area contributed by atoms with Gasteiger partial charge in [-0.2, -0.15) is 0 Å². The van der Waals surface area contributed by atoms with Crippen molar-refractivity contribution in [3.63, 3.8) is 0 Å². The normalized spacial score (nSPS) is 12.9. The van der Waals surface area contributed by atoms with Crippen LogP contribution in [0.15, 0.2) is 30.5 Å². The molecule has 0 bridgehead atoms. The Labute approximate surface area is 95.7 Å². The molecule has 2 rings (SSSR count). The summed E-state index contributed by atoms with van der Waals surface area (Å²) in [6, 6.07) is 7.93. The molecule has 0 fully saturated rings. The molecule has 0 saturated carbocycles. The molecule has 0 aliphatic heterocycles. The van der Waals surface area contributed by atoms with E-state index < -0.39 is 0 Å². The Morgan fingerprint density at radius 2 is 2.12 bits per heavy atom. The summed E-state index contributed by atoms with van der Waals surface area (Å²) in [4.78, 5) is 15.2. The number of H-pyrrole nitrogens is 1. The second kappa shape index (κ2) is 4.52. The van der Waals surface area contributed by atoms with Gasteiger partial charge in [-0.05, 0) is 12.0 Å².